The van der Waals surface area contributed by atoms with E-state index in [0.717, 1.165) is 24.1 Å². The van der Waals surface area contributed by atoms with Crippen LogP contribution in [0.5, 0.6) is 0 Å². The Balaban J connectivity index is 1.16. The monoisotopic (exact) mass is 792 g/mol. The molecule has 2 aromatic heterocycles. The van der Waals surface area contributed by atoms with Gasteiger partial charge in [0.25, 0.3) is 0 Å². The van der Waals surface area contributed by atoms with Gasteiger partial charge in [0, 0.05) is 61.2 Å². The number of rotatable bonds is 3. The number of fused-ring (bicyclic) bond motifs is 12. The smallest absolute Gasteiger partial charge is 0.198 e. The van der Waals surface area contributed by atoms with Gasteiger partial charge in [0.05, 0.1) is 5.52 Å². The number of benzene rings is 7. The van der Waals surface area contributed by atoms with Crippen molar-refractivity contribution in [2.45, 2.75) is 96.8 Å². The first-order valence-corrected chi connectivity index (χ1v) is 22.3. The lowest BCUT2D eigenvalue weighted by molar-refractivity contribution is 0.332. The van der Waals surface area contributed by atoms with Gasteiger partial charge in [-0.1, -0.05) is 141 Å². The van der Waals surface area contributed by atoms with Gasteiger partial charge in [-0.2, -0.15) is 0 Å². The fourth-order valence-corrected chi connectivity index (χ4v) is 11.5. The summed E-state index contributed by atoms with van der Waals surface area (Å²) in [6.45, 7) is 21.4. The lowest BCUT2D eigenvalue weighted by atomic mass is 9.58. The van der Waals surface area contributed by atoms with Crippen molar-refractivity contribution < 1.29 is 4.42 Å². The Morgan fingerprint density at radius 1 is 0.574 bits per heavy atom. The molecule has 0 amide bonds. The Kier molecular flexibility index (Phi) is 7.30. The normalized spacial score (nSPS) is 16.7. The number of aromatic nitrogens is 1. The van der Waals surface area contributed by atoms with Crippen molar-refractivity contribution in [3.8, 4) is 27.9 Å². The van der Waals surface area contributed by atoms with E-state index < -0.39 is 0 Å². The summed E-state index contributed by atoms with van der Waals surface area (Å²) in [5.41, 5.74) is 23.1. The topological polar surface area (TPSA) is 30.1 Å². The van der Waals surface area contributed by atoms with Gasteiger partial charge in [-0.05, 0) is 122 Å². The summed E-state index contributed by atoms with van der Waals surface area (Å²) in [6, 6.07) is 46.3. The van der Waals surface area contributed by atoms with E-state index in [4.69, 9.17) is 4.42 Å². The number of anilines is 2. The van der Waals surface area contributed by atoms with Crippen molar-refractivity contribution >= 4 is 73.3 Å². The van der Waals surface area contributed by atoms with Crippen LogP contribution in [0.15, 0.2) is 126 Å². The van der Waals surface area contributed by atoms with E-state index >= 15 is 0 Å². The van der Waals surface area contributed by atoms with Crippen LogP contribution in [0.3, 0.4) is 0 Å². The maximum Gasteiger partial charge on any atom is 0.198 e. The molecule has 0 saturated carbocycles. The second-order valence-electron chi connectivity index (χ2n) is 21.3. The molecule has 9 aromatic rings. The minimum absolute atomic E-state index is 0.0624. The first-order chi connectivity index (χ1) is 29.1. The Labute approximate surface area is 360 Å². The molecule has 0 radical (unpaired) electrons. The minimum atomic E-state index is -0.111. The van der Waals surface area contributed by atoms with Gasteiger partial charge in [-0.3, -0.25) is 0 Å². The molecular weight excluding hydrogens is 739 g/mol. The third-order valence-electron chi connectivity index (χ3n) is 15.2. The summed E-state index contributed by atoms with van der Waals surface area (Å²) in [7, 11) is 0.827. The SMILES string of the molecule is CC(C)(C)c1ccc(Nc2cc3c(cc2-c2ccc4c5cc6c(cc5n5c4c2Bc2cc4c(cc2-5)oc2ccccc24)C(C)(C)c2ccccc2-6)C(C)(C)CCC3(C)C)cc1. The van der Waals surface area contributed by atoms with E-state index in [1.807, 2.05) is 0 Å². The van der Waals surface area contributed by atoms with Crippen molar-refractivity contribution in [3.05, 3.63) is 149 Å². The van der Waals surface area contributed by atoms with Crippen LogP contribution in [0.2, 0.25) is 0 Å². The van der Waals surface area contributed by atoms with E-state index in [1.165, 1.54) is 118 Å². The van der Waals surface area contributed by atoms with Crippen LogP contribution in [-0.4, -0.2) is 11.8 Å². The highest BCUT2D eigenvalue weighted by Crippen LogP contribution is 2.53. The number of hydrogen-bond donors (Lipinski definition) is 1. The van der Waals surface area contributed by atoms with Gasteiger partial charge in [-0.15, -0.1) is 0 Å². The lowest BCUT2D eigenvalue weighted by Gasteiger charge is -2.42. The Morgan fingerprint density at radius 3 is 2.07 bits per heavy atom. The highest BCUT2D eigenvalue weighted by molar-refractivity contribution is 6.73. The predicted molar refractivity (Wildman–Crippen MR) is 261 cm³/mol. The maximum absolute atomic E-state index is 6.60. The van der Waals surface area contributed by atoms with Gasteiger partial charge < -0.3 is 14.3 Å². The van der Waals surface area contributed by atoms with Gasteiger partial charge in [0.2, 0.25) is 0 Å². The third kappa shape index (κ3) is 5.17. The molecule has 61 heavy (non-hydrogen) atoms. The summed E-state index contributed by atoms with van der Waals surface area (Å²) < 4.78 is 9.19. The molecule has 0 atom stereocenters. The number of nitrogens with zero attached hydrogens (tertiary/aromatic N) is 1. The van der Waals surface area contributed by atoms with E-state index in [-0.39, 0.29) is 21.7 Å². The molecular formula is C57H53BN2O. The number of hydrogen-bond acceptors (Lipinski definition) is 2. The Morgan fingerprint density at radius 2 is 1.30 bits per heavy atom. The standard InChI is InChI=1S/C57H53BN2O/c1-54(2,3)32-18-20-33(21-19-32)59-47-29-45-44(55(4,5)24-25-56(45,6)7)27-39(47)36-22-23-37-40-26-38-34-14-10-12-16-42(34)57(8,9)43(38)30-48(40)60-49-31-51-41(28-46(49)58-52(36)53(37)60)35-15-11-13-17-50(35)61-51/h10-23,26-31,58-59H,24-25H2,1-9H3. The molecule has 1 N–H and O–H groups in total. The summed E-state index contributed by atoms with van der Waals surface area (Å²) in [5, 5.41) is 8.97. The van der Waals surface area contributed by atoms with Gasteiger partial charge in [0.1, 0.15) is 11.2 Å². The second kappa shape index (κ2) is 12.1. The van der Waals surface area contributed by atoms with E-state index in [1.54, 1.807) is 0 Å². The molecule has 4 heteroatoms. The molecule has 2 aliphatic carbocycles. The van der Waals surface area contributed by atoms with Crippen LogP contribution in [0.1, 0.15) is 103 Å². The molecule has 0 saturated heterocycles. The molecule has 12 rings (SSSR count). The van der Waals surface area contributed by atoms with E-state index in [0.29, 0.717) is 0 Å². The molecule has 0 fully saturated rings. The van der Waals surface area contributed by atoms with Crippen LogP contribution in [0.4, 0.5) is 11.4 Å². The number of furan rings is 1. The molecule has 3 nitrogen and oxygen atoms in total. The molecule has 7 aromatic carbocycles. The number of nitrogens with one attached hydrogen (secondary N) is 1. The second-order valence-corrected chi connectivity index (χ2v) is 21.3. The van der Waals surface area contributed by atoms with Gasteiger partial charge >= 0.3 is 0 Å². The average Bonchev–Trinajstić information content (AvgIpc) is 3.84. The maximum atomic E-state index is 6.60. The Hall–Kier alpha value is -6.00. The quantitative estimate of drug-likeness (QED) is 0.181. The van der Waals surface area contributed by atoms with Gasteiger partial charge in [0.15, 0.2) is 7.28 Å². The van der Waals surface area contributed by atoms with Crippen molar-refractivity contribution in [1.29, 1.82) is 0 Å². The molecule has 3 aliphatic rings. The molecule has 0 unspecified atom stereocenters. The molecule has 300 valence electrons. The average molecular weight is 793 g/mol. The van der Waals surface area contributed by atoms with Crippen LogP contribution < -0.4 is 16.2 Å². The fraction of sp³-hybridized carbons (Fsp3) is 0.263. The predicted octanol–water partition coefficient (Wildman–Crippen LogP) is 13.7. The fourth-order valence-electron chi connectivity index (χ4n) is 11.5. The van der Waals surface area contributed by atoms with E-state index in [2.05, 4.69) is 194 Å². The summed E-state index contributed by atoms with van der Waals surface area (Å²) in [6.07, 6.45) is 2.34. The van der Waals surface area contributed by atoms with Gasteiger partial charge in [-0.25, -0.2) is 0 Å². The van der Waals surface area contributed by atoms with Crippen LogP contribution in [-0.2, 0) is 21.7 Å². The van der Waals surface area contributed by atoms with Crippen LogP contribution >= 0.6 is 0 Å². The molecule has 1 aliphatic heterocycles. The molecule has 0 spiro atoms. The highest BCUT2D eigenvalue weighted by Gasteiger charge is 2.40. The molecule has 3 heterocycles. The first-order valence-electron chi connectivity index (χ1n) is 22.3. The van der Waals surface area contributed by atoms with Crippen LogP contribution in [0, 0.1) is 0 Å². The van der Waals surface area contributed by atoms with Crippen molar-refractivity contribution in [2.24, 2.45) is 0 Å². The zero-order valence-corrected chi connectivity index (χ0v) is 37.0. The lowest BCUT2D eigenvalue weighted by Crippen LogP contribution is -2.37. The minimum Gasteiger partial charge on any atom is -0.456 e. The largest absolute Gasteiger partial charge is 0.456 e. The Bertz CT molecular complexity index is 3360. The zero-order chi connectivity index (χ0) is 42.0. The van der Waals surface area contributed by atoms with E-state index in [9.17, 15) is 0 Å². The zero-order valence-electron chi connectivity index (χ0n) is 37.0. The van der Waals surface area contributed by atoms with Crippen molar-refractivity contribution in [3.63, 3.8) is 0 Å². The molecule has 0 bridgehead atoms. The van der Waals surface area contributed by atoms with Crippen molar-refractivity contribution in [1.82, 2.24) is 4.57 Å². The third-order valence-corrected chi connectivity index (χ3v) is 15.2. The summed E-state index contributed by atoms with van der Waals surface area (Å²) in [4.78, 5) is 0. The highest BCUT2D eigenvalue weighted by atomic mass is 16.3. The number of para-hydroxylation sites is 1. The summed E-state index contributed by atoms with van der Waals surface area (Å²) in [5.74, 6) is 0. The summed E-state index contributed by atoms with van der Waals surface area (Å²) >= 11 is 0. The van der Waals surface area contributed by atoms with Crippen molar-refractivity contribution in [2.75, 3.05) is 5.32 Å². The van der Waals surface area contributed by atoms with Crippen LogP contribution in [0.25, 0.3) is 71.7 Å². The first kappa shape index (κ1) is 36.8.